The summed E-state index contributed by atoms with van der Waals surface area (Å²) >= 11 is 0. The van der Waals surface area contributed by atoms with E-state index in [2.05, 4.69) is 12.2 Å². The standard InChI is InChI=1S/C13H26N2O3/c1-2-7-17-8-3-6-15-12(16)13(11-14)4-9-18-10-5-13/h2-11,14H2,1H3,(H,15,16). The number of rotatable bonds is 8. The Morgan fingerprint density at radius 2 is 2.11 bits per heavy atom. The number of ether oxygens (including phenoxy) is 2. The van der Waals surface area contributed by atoms with Crippen molar-refractivity contribution < 1.29 is 14.3 Å². The van der Waals surface area contributed by atoms with Crippen LogP contribution in [0.2, 0.25) is 0 Å². The first-order valence-corrected chi connectivity index (χ1v) is 6.89. The van der Waals surface area contributed by atoms with Gasteiger partial charge in [-0.3, -0.25) is 4.79 Å². The molecule has 0 radical (unpaired) electrons. The third-order valence-corrected chi connectivity index (χ3v) is 3.42. The molecule has 0 unspecified atom stereocenters. The quantitative estimate of drug-likeness (QED) is 0.628. The Bertz CT molecular complexity index is 240. The lowest BCUT2D eigenvalue weighted by Crippen LogP contribution is -2.49. The second kappa shape index (κ2) is 8.45. The highest BCUT2D eigenvalue weighted by molar-refractivity contribution is 5.83. The molecular weight excluding hydrogens is 232 g/mol. The maximum Gasteiger partial charge on any atom is 0.227 e. The average Bonchev–Trinajstić information content (AvgIpc) is 2.43. The second-order valence-electron chi connectivity index (χ2n) is 4.82. The van der Waals surface area contributed by atoms with E-state index in [1.165, 1.54) is 0 Å². The SMILES string of the molecule is CCCOCCCNC(=O)C1(CN)CCOCC1. The third kappa shape index (κ3) is 4.55. The van der Waals surface area contributed by atoms with E-state index in [4.69, 9.17) is 15.2 Å². The van der Waals surface area contributed by atoms with Gasteiger partial charge in [0.25, 0.3) is 0 Å². The number of carbonyl (C=O) groups excluding carboxylic acids is 1. The first-order chi connectivity index (χ1) is 8.75. The van der Waals surface area contributed by atoms with Gasteiger partial charge in [-0.2, -0.15) is 0 Å². The molecule has 0 aromatic heterocycles. The highest BCUT2D eigenvalue weighted by Gasteiger charge is 2.38. The number of amides is 1. The normalized spacial score (nSPS) is 18.6. The molecule has 1 aliphatic heterocycles. The molecule has 1 heterocycles. The van der Waals surface area contributed by atoms with E-state index in [9.17, 15) is 4.79 Å². The van der Waals surface area contributed by atoms with E-state index in [-0.39, 0.29) is 5.91 Å². The fraction of sp³-hybridized carbons (Fsp3) is 0.923. The number of nitrogens with two attached hydrogens (primary N) is 1. The second-order valence-corrected chi connectivity index (χ2v) is 4.82. The predicted octanol–water partition coefficient (Wildman–Crippen LogP) is 0.675. The third-order valence-electron chi connectivity index (χ3n) is 3.42. The van der Waals surface area contributed by atoms with Crippen molar-refractivity contribution in [1.29, 1.82) is 0 Å². The fourth-order valence-electron chi connectivity index (χ4n) is 2.10. The van der Waals surface area contributed by atoms with Crippen molar-refractivity contribution in [1.82, 2.24) is 5.32 Å². The largest absolute Gasteiger partial charge is 0.381 e. The van der Waals surface area contributed by atoms with Gasteiger partial charge in [-0.25, -0.2) is 0 Å². The smallest absolute Gasteiger partial charge is 0.227 e. The molecule has 1 aliphatic rings. The number of hydrogen-bond acceptors (Lipinski definition) is 4. The first-order valence-electron chi connectivity index (χ1n) is 6.89. The monoisotopic (exact) mass is 258 g/mol. The number of carbonyl (C=O) groups is 1. The van der Waals surface area contributed by atoms with Crippen LogP contribution < -0.4 is 11.1 Å². The van der Waals surface area contributed by atoms with Crippen molar-refractivity contribution in [2.24, 2.45) is 11.1 Å². The van der Waals surface area contributed by atoms with Gasteiger partial charge in [-0.1, -0.05) is 6.92 Å². The van der Waals surface area contributed by atoms with Gasteiger partial charge >= 0.3 is 0 Å². The lowest BCUT2D eigenvalue weighted by atomic mass is 9.79. The van der Waals surface area contributed by atoms with Gasteiger partial charge in [0.05, 0.1) is 5.41 Å². The Morgan fingerprint density at radius 1 is 1.39 bits per heavy atom. The van der Waals surface area contributed by atoms with Crippen LogP contribution in [0.5, 0.6) is 0 Å². The molecule has 0 aliphatic carbocycles. The van der Waals surface area contributed by atoms with Crippen molar-refractivity contribution in [3.8, 4) is 0 Å². The van der Waals surface area contributed by atoms with E-state index in [1.807, 2.05) is 0 Å². The van der Waals surface area contributed by atoms with Crippen LogP contribution in [-0.4, -0.2) is 45.4 Å². The minimum Gasteiger partial charge on any atom is -0.381 e. The molecule has 1 rings (SSSR count). The molecule has 0 aromatic rings. The van der Waals surface area contributed by atoms with Crippen LogP contribution in [-0.2, 0) is 14.3 Å². The Hall–Kier alpha value is -0.650. The molecule has 18 heavy (non-hydrogen) atoms. The lowest BCUT2D eigenvalue weighted by molar-refractivity contribution is -0.135. The molecule has 1 amide bonds. The molecule has 106 valence electrons. The zero-order valence-corrected chi connectivity index (χ0v) is 11.4. The van der Waals surface area contributed by atoms with Crippen LogP contribution in [0.4, 0.5) is 0 Å². The molecule has 0 spiro atoms. The van der Waals surface area contributed by atoms with Gasteiger partial charge in [0.1, 0.15) is 0 Å². The Kier molecular flexibility index (Phi) is 7.23. The van der Waals surface area contributed by atoms with Gasteiger partial charge in [-0.05, 0) is 25.7 Å². The Balaban J connectivity index is 2.21. The van der Waals surface area contributed by atoms with Gasteiger partial charge in [0.15, 0.2) is 0 Å². The Morgan fingerprint density at radius 3 is 2.72 bits per heavy atom. The summed E-state index contributed by atoms with van der Waals surface area (Å²) in [6.45, 7) is 5.89. The molecule has 5 heteroatoms. The summed E-state index contributed by atoms with van der Waals surface area (Å²) in [5, 5.41) is 2.97. The van der Waals surface area contributed by atoms with Crippen molar-refractivity contribution in [3.05, 3.63) is 0 Å². The van der Waals surface area contributed by atoms with E-state index < -0.39 is 5.41 Å². The first kappa shape index (κ1) is 15.4. The van der Waals surface area contributed by atoms with Crippen molar-refractivity contribution in [2.45, 2.75) is 32.6 Å². The molecule has 0 bridgehead atoms. The molecule has 3 N–H and O–H groups in total. The van der Waals surface area contributed by atoms with E-state index >= 15 is 0 Å². The summed E-state index contributed by atoms with van der Waals surface area (Å²) in [5.41, 5.74) is 5.35. The number of hydrogen-bond donors (Lipinski definition) is 2. The molecule has 1 fully saturated rings. The highest BCUT2D eigenvalue weighted by atomic mass is 16.5. The topological polar surface area (TPSA) is 73.6 Å². The minimum atomic E-state index is -0.414. The van der Waals surface area contributed by atoms with E-state index in [0.29, 0.717) is 32.9 Å². The molecule has 5 nitrogen and oxygen atoms in total. The lowest BCUT2D eigenvalue weighted by Gasteiger charge is -2.34. The van der Waals surface area contributed by atoms with Crippen LogP contribution in [0.15, 0.2) is 0 Å². The summed E-state index contributed by atoms with van der Waals surface area (Å²) in [4.78, 5) is 12.2. The molecule has 0 saturated carbocycles. The summed E-state index contributed by atoms with van der Waals surface area (Å²) in [6, 6.07) is 0. The van der Waals surface area contributed by atoms with Gasteiger partial charge in [0, 0.05) is 39.5 Å². The summed E-state index contributed by atoms with van der Waals surface area (Å²) < 4.78 is 10.7. The maximum atomic E-state index is 12.2. The maximum absolute atomic E-state index is 12.2. The van der Waals surface area contributed by atoms with E-state index in [1.54, 1.807) is 0 Å². The van der Waals surface area contributed by atoms with Crippen LogP contribution >= 0.6 is 0 Å². The zero-order valence-electron chi connectivity index (χ0n) is 11.4. The highest BCUT2D eigenvalue weighted by Crippen LogP contribution is 2.29. The van der Waals surface area contributed by atoms with Gasteiger partial charge in [0.2, 0.25) is 5.91 Å². The van der Waals surface area contributed by atoms with Crippen molar-refractivity contribution in [3.63, 3.8) is 0 Å². The minimum absolute atomic E-state index is 0.0730. The average molecular weight is 258 g/mol. The van der Waals surface area contributed by atoms with Crippen molar-refractivity contribution in [2.75, 3.05) is 39.5 Å². The van der Waals surface area contributed by atoms with Crippen LogP contribution in [0, 0.1) is 5.41 Å². The van der Waals surface area contributed by atoms with Gasteiger partial charge in [-0.15, -0.1) is 0 Å². The van der Waals surface area contributed by atoms with Crippen LogP contribution in [0.25, 0.3) is 0 Å². The molecule has 0 atom stereocenters. The zero-order chi connectivity index (χ0) is 13.3. The van der Waals surface area contributed by atoms with E-state index in [0.717, 1.165) is 32.3 Å². The summed E-state index contributed by atoms with van der Waals surface area (Å²) in [6.07, 6.45) is 3.33. The van der Waals surface area contributed by atoms with Gasteiger partial charge < -0.3 is 20.5 Å². The molecule has 1 saturated heterocycles. The predicted molar refractivity (Wildman–Crippen MR) is 70.3 cm³/mol. The van der Waals surface area contributed by atoms with Crippen LogP contribution in [0.1, 0.15) is 32.6 Å². The van der Waals surface area contributed by atoms with Crippen molar-refractivity contribution >= 4 is 5.91 Å². The number of nitrogens with one attached hydrogen (secondary N) is 1. The Labute approximate surface area is 109 Å². The summed E-state index contributed by atoms with van der Waals surface area (Å²) in [5.74, 6) is 0.0730. The summed E-state index contributed by atoms with van der Waals surface area (Å²) in [7, 11) is 0. The fourth-order valence-corrected chi connectivity index (χ4v) is 2.10. The van der Waals surface area contributed by atoms with Crippen LogP contribution in [0.3, 0.4) is 0 Å². The molecule has 0 aromatic carbocycles. The molecular formula is C13H26N2O3.